The van der Waals surface area contributed by atoms with Crippen LogP contribution in [0.3, 0.4) is 0 Å². The first-order valence-electron chi connectivity index (χ1n) is 6.04. The Hall–Kier alpha value is -2.61. The van der Waals surface area contributed by atoms with E-state index >= 15 is 0 Å². The van der Waals surface area contributed by atoms with Crippen LogP contribution in [-0.4, -0.2) is 23.0 Å². The number of hydrogen-bond donors (Lipinski definition) is 2. The molecule has 22 heavy (non-hydrogen) atoms. The van der Waals surface area contributed by atoms with Gasteiger partial charge in [0.15, 0.2) is 0 Å². The highest BCUT2D eigenvalue weighted by Crippen LogP contribution is 2.30. The molecule has 2 aromatic carbocycles. The Morgan fingerprint density at radius 3 is 2.68 bits per heavy atom. The van der Waals surface area contributed by atoms with Gasteiger partial charge in [0.2, 0.25) is 0 Å². The number of phenols is 1. The number of carbonyl (C=O) groups excluding carboxylic acids is 1. The summed E-state index contributed by atoms with van der Waals surface area (Å²) in [6.07, 6.45) is 0. The van der Waals surface area contributed by atoms with Crippen LogP contribution >= 0.6 is 15.9 Å². The molecular formula is C14H11BrN2O5. The predicted octanol–water partition coefficient (Wildman–Crippen LogP) is 3.32. The molecule has 0 radical (unpaired) electrons. The Balaban J connectivity index is 2.35. The lowest BCUT2D eigenvalue weighted by Crippen LogP contribution is -2.13. The number of rotatable bonds is 4. The molecule has 0 heterocycles. The van der Waals surface area contributed by atoms with Crippen molar-refractivity contribution in [3.63, 3.8) is 0 Å². The standard InChI is InChI=1S/C14H11BrN2O5/c1-22-13-5-2-8(15)6-10(13)14(19)16-11-7-9(17(20)21)3-4-12(11)18/h2-7,18H,1H3,(H,16,19). The van der Waals surface area contributed by atoms with E-state index in [0.29, 0.717) is 10.2 Å². The summed E-state index contributed by atoms with van der Waals surface area (Å²) in [6.45, 7) is 0. The predicted molar refractivity (Wildman–Crippen MR) is 83.4 cm³/mol. The SMILES string of the molecule is COc1ccc(Br)cc1C(=O)Nc1cc([N+](=O)[O-])ccc1O. The lowest BCUT2D eigenvalue weighted by molar-refractivity contribution is -0.384. The van der Waals surface area contributed by atoms with Crippen molar-refractivity contribution in [1.82, 2.24) is 0 Å². The van der Waals surface area contributed by atoms with Crippen molar-refractivity contribution in [1.29, 1.82) is 0 Å². The van der Waals surface area contributed by atoms with Gasteiger partial charge in [-0.3, -0.25) is 14.9 Å². The van der Waals surface area contributed by atoms with Crippen LogP contribution in [0.4, 0.5) is 11.4 Å². The maximum absolute atomic E-state index is 12.3. The van der Waals surface area contributed by atoms with Gasteiger partial charge in [0.1, 0.15) is 11.5 Å². The topological polar surface area (TPSA) is 102 Å². The number of anilines is 1. The molecule has 0 aliphatic carbocycles. The molecule has 0 unspecified atom stereocenters. The lowest BCUT2D eigenvalue weighted by atomic mass is 10.1. The van der Waals surface area contributed by atoms with Crippen molar-refractivity contribution in [2.24, 2.45) is 0 Å². The van der Waals surface area contributed by atoms with Gasteiger partial charge in [-0.15, -0.1) is 0 Å². The normalized spacial score (nSPS) is 10.1. The second-order valence-electron chi connectivity index (χ2n) is 4.26. The maximum Gasteiger partial charge on any atom is 0.271 e. The first kappa shape index (κ1) is 15.8. The van der Waals surface area contributed by atoms with Crippen molar-refractivity contribution >= 4 is 33.2 Å². The van der Waals surface area contributed by atoms with Gasteiger partial charge < -0.3 is 15.2 Å². The van der Waals surface area contributed by atoms with E-state index in [2.05, 4.69) is 21.2 Å². The summed E-state index contributed by atoms with van der Waals surface area (Å²) in [6, 6.07) is 8.23. The molecule has 2 aromatic rings. The number of aromatic hydroxyl groups is 1. The largest absolute Gasteiger partial charge is 0.506 e. The Labute approximate surface area is 133 Å². The smallest absolute Gasteiger partial charge is 0.271 e. The second-order valence-corrected chi connectivity index (χ2v) is 5.17. The highest BCUT2D eigenvalue weighted by atomic mass is 79.9. The zero-order valence-corrected chi connectivity index (χ0v) is 13.0. The Morgan fingerprint density at radius 2 is 2.05 bits per heavy atom. The second kappa shape index (κ2) is 6.44. The van der Waals surface area contributed by atoms with E-state index in [0.717, 1.165) is 18.2 Å². The van der Waals surface area contributed by atoms with Gasteiger partial charge in [0.05, 0.1) is 23.3 Å². The molecule has 0 saturated carbocycles. The van der Waals surface area contributed by atoms with Crippen LogP contribution in [-0.2, 0) is 0 Å². The molecule has 0 aromatic heterocycles. The van der Waals surface area contributed by atoms with Gasteiger partial charge >= 0.3 is 0 Å². The molecule has 2 rings (SSSR count). The summed E-state index contributed by atoms with van der Waals surface area (Å²) in [5.74, 6) is -0.493. The van der Waals surface area contributed by atoms with Gasteiger partial charge in [-0.2, -0.15) is 0 Å². The van der Waals surface area contributed by atoms with Crippen molar-refractivity contribution in [2.45, 2.75) is 0 Å². The van der Waals surface area contributed by atoms with Crippen LogP contribution in [0.25, 0.3) is 0 Å². The average Bonchev–Trinajstić information content (AvgIpc) is 2.49. The number of benzene rings is 2. The summed E-state index contributed by atoms with van der Waals surface area (Å²) < 4.78 is 5.77. The van der Waals surface area contributed by atoms with Gasteiger partial charge in [-0.25, -0.2) is 0 Å². The Kier molecular flexibility index (Phi) is 4.62. The molecule has 0 bridgehead atoms. The summed E-state index contributed by atoms with van der Waals surface area (Å²) in [4.78, 5) is 22.4. The number of ether oxygens (including phenoxy) is 1. The van der Waals surface area contributed by atoms with E-state index in [4.69, 9.17) is 4.74 Å². The van der Waals surface area contributed by atoms with Crippen LogP contribution in [0.15, 0.2) is 40.9 Å². The fraction of sp³-hybridized carbons (Fsp3) is 0.0714. The quantitative estimate of drug-likeness (QED) is 0.490. The fourth-order valence-corrected chi connectivity index (χ4v) is 2.15. The number of methoxy groups -OCH3 is 1. The number of non-ortho nitro benzene ring substituents is 1. The van der Waals surface area contributed by atoms with E-state index in [9.17, 15) is 20.0 Å². The molecule has 0 spiro atoms. The third-order valence-corrected chi connectivity index (χ3v) is 3.34. The number of nitrogens with zero attached hydrogens (tertiary/aromatic N) is 1. The summed E-state index contributed by atoms with van der Waals surface area (Å²) in [5.41, 5.74) is -0.0710. The maximum atomic E-state index is 12.3. The Bertz CT molecular complexity index is 748. The number of nitrogens with one attached hydrogen (secondary N) is 1. The molecule has 0 atom stereocenters. The highest BCUT2D eigenvalue weighted by Gasteiger charge is 2.17. The number of amides is 1. The number of hydrogen-bond acceptors (Lipinski definition) is 5. The zero-order chi connectivity index (χ0) is 16.3. The summed E-state index contributed by atoms with van der Waals surface area (Å²) in [7, 11) is 1.42. The minimum Gasteiger partial charge on any atom is -0.506 e. The van der Waals surface area contributed by atoms with Crippen LogP contribution in [0.5, 0.6) is 11.5 Å². The van der Waals surface area contributed by atoms with Gasteiger partial charge in [-0.1, -0.05) is 15.9 Å². The molecule has 114 valence electrons. The average molecular weight is 367 g/mol. The number of nitro groups is 1. The highest BCUT2D eigenvalue weighted by molar-refractivity contribution is 9.10. The molecule has 0 aliphatic rings. The van der Waals surface area contributed by atoms with Crippen molar-refractivity contribution in [2.75, 3.05) is 12.4 Å². The molecule has 8 heteroatoms. The lowest BCUT2D eigenvalue weighted by Gasteiger charge is -2.10. The van der Waals surface area contributed by atoms with Crippen molar-refractivity contribution in [3.05, 3.63) is 56.5 Å². The van der Waals surface area contributed by atoms with Crippen LogP contribution in [0.1, 0.15) is 10.4 Å². The van der Waals surface area contributed by atoms with Gasteiger partial charge in [0.25, 0.3) is 11.6 Å². The Morgan fingerprint density at radius 1 is 1.32 bits per heavy atom. The third-order valence-electron chi connectivity index (χ3n) is 2.85. The van der Waals surface area contributed by atoms with Crippen LogP contribution in [0, 0.1) is 10.1 Å². The summed E-state index contributed by atoms with van der Waals surface area (Å²) >= 11 is 3.25. The van der Waals surface area contributed by atoms with Gasteiger partial charge in [-0.05, 0) is 24.3 Å². The van der Waals surface area contributed by atoms with Crippen molar-refractivity contribution < 1.29 is 19.6 Å². The van der Waals surface area contributed by atoms with Crippen LogP contribution < -0.4 is 10.1 Å². The number of halogens is 1. The monoisotopic (exact) mass is 366 g/mol. The van der Waals surface area contributed by atoms with E-state index in [-0.39, 0.29) is 22.7 Å². The minimum absolute atomic E-state index is 0.0544. The number of phenolic OH excluding ortho intramolecular Hbond substituents is 1. The number of nitro benzene ring substituents is 1. The van der Waals surface area contributed by atoms with E-state index in [1.165, 1.54) is 7.11 Å². The summed E-state index contributed by atoms with van der Waals surface area (Å²) in [5, 5.41) is 22.9. The fourth-order valence-electron chi connectivity index (χ4n) is 1.79. The first-order valence-corrected chi connectivity index (χ1v) is 6.84. The van der Waals surface area contributed by atoms with E-state index in [1.54, 1.807) is 18.2 Å². The molecule has 1 amide bonds. The van der Waals surface area contributed by atoms with Crippen LogP contribution in [0.2, 0.25) is 0 Å². The molecule has 7 nitrogen and oxygen atoms in total. The first-order chi connectivity index (χ1) is 10.4. The van der Waals surface area contributed by atoms with E-state index < -0.39 is 10.8 Å². The molecule has 0 fully saturated rings. The molecule has 2 N–H and O–H groups in total. The van der Waals surface area contributed by atoms with Crippen molar-refractivity contribution in [3.8, 4) is 11.5 Å². The van der Waals surface area contributed by atoms with Gasteiger partial charge in [0, 0.05) is 16.6 Å². The third kappa shape index (κ3) is 3.34. The number of carbonyl (C=O) groups is 1. The molecule has 0 saturated heterocycles. The van der Waals surface area contributed by atoms with E-state index in [1.807, 2.05) is 0 Å². The minimum atomic E-state index is -0.616. The molecule has 0 aliphatic heterocycles. The molecular weight excluding hydrogens is 356 g/mol. The zero-order valence-electron chi connectivity index (χ0n) is 11.4.